The Morgan fingerprint density at radius 1 is 1.21 bits per heavy atom. The topological polar surface area (TPSA) is 18.5 Å². The van der Waals surface area contributed by atoms with Gasteiger partial charge in [-0.3, -0.25) is 0 Å². The van der Waals surface area contributed by atoms with Crippen molar-refractivity contribution < 1.29 is 9.78 Å². The fraction of sp³-hybridized carbons (Fsp3) is 0.647. The van der Waals surface area contributed by atoms with E-state index in [-0.39, 0.29) is 11.5 Å². The SMILES string of the molecule is CCC(C)(C)COOC(C)c1ccc2c(c1)CCC2. The Kier molecular flexibility index (Phi) is 4.64. The highest BCUT2D eigenvalue weighted by molar-refractivity contribution is 5.35. The van der Waals surface area contributed by atoms with Crippen LogP contribution in [0.4, 0.5) is 0 Å². The van der Waals surface area contributed by atoms with Gasteiger partial charge in [0.25, 0.3) is 0 Å². The van der Waals surface area contributed by atoms with Gasteiger partial charge in [0, 0.05) is 0 Å². The summed E-state index contributed by atoms with van der Waals surface area (Å²) in [4.78, 5) is 11.0. The molecule has 0 fully saturated rings. The fourth-order valence-corrected chi connectivity index (χ4v) is 2.30. The lowest BCUT2D eigenvalue weighted by Crippen LogP contribution is -2.18. The summed E-state index contributed by atoms with van der Waals surface area (Å²) in [6.45, 7) is 9.24. The molecule has 0 spiro atoms. The van der Waals surface area contributed by atoms with Crippen LogP contribution in [0.5, 0.6) is 0 Å². The van der Waals surface area contributed by atoms with Crippen LogP contribution in [-0.4, -0.2) is 6.61 Å². The van der Waals surface area contributed by atoms with Crippen molar-refractivity contribution >= 4 is 0 Å². The maximum atomic E-state index is 5.53. The first kappa shape index (κ1) is 14.5. The monoisotopic (exact) mass is 262 g/mol. The van der Waals surface area contributed by atoms with Crippen molar-refractivity contribution in [2.24, 2.45) is 5.41 Å². The van der Waals surface area contributed by atoms with Gasteiger partial charge in [-0.2, -0.15) is 0 Å². The molecule has 0 aromatic heterocycles. The Bertz CT molecular complexity index is 423. The first-order valence-electron chi connectivity index (χ1n) is 7.42. The van der Waals surface area contributed by atoms with Gasteiger partial charge in [0.2, 0.25) is 0 Å². The Balaban J connectivity index is 1.88. The Morgan fingerprint density at radius 3 is 2.68 bits per heavy atom. The maximum Gasteiger partial charge on any atom is 0.115 e. The van der Waals surface area contributed by atoms with Gasteiger partial charge in [0.15, 0.2) is 0 Å². The molecular formula is C17H26O2. The molecule has 1 aliphatic rings. The van der Waals surface area contributed by atoms with Crippen molar-refractivity contribution in [2.75, 3.05) is 6.61 Å². The zero-order chi connectivity index (χ0) is 13.9. The molecule has 0 saturated carbocycles. The van der Waals surface area contributed by atoms with E-state index in [1.807, 2.05) is 0 Å². The normalized spacial score (nSPS) is 16.4. The molecule has 1 atom stereocenters. The summed E-state index contributed by atoms with van der Waals surface area (Å²) < 4.78 is 0. The molecule has 19 heavy (non-hydrogen) atoms. The summed E-state index contributed by atoms with van der Waals surface area (Å²) in [6, 6.07) is 6.69. The van der Waals surface area contributed by atoms with E-state index in [4.69, 9.17) is 9.78 Å². The molecule has 106 valence electrons. The van der Waals surface area contributed by atoms with Crippen LogP contribution >= 0.6 is 0 Å². The summed E-state index contributed by atoms with van der Waals surface area (Å²) in [5.74, 6) is 0. The minimum Gasteiger partial charge on any atom is -0.236 e. The summed E-state index contributed by atoms with van der Waals surface area (Å²) >= 11 is 0. The van der Waals surface area contributed by atoms with Gasteiger partial charge in [0.1, 0.15) is 6.10 Å². The minimum atomic E-state index is -0.00134. The summed E-state index contributed by atoms with van der Waals surface area (Å²) in [5, 5.41) is 0. The van der Waals surface area contributed by atoms with Crippen LogP contribution in [0.2, 0.25) is 0 Å². The number of fused-ring (bicyclic) bond motifs is 1. The van der Waals surface area contributed by atoms with E-state index in [1.165, 1.54) is 36.0 Å². The van der Waals surface area contributed by atoms with Crippen molar-refractivity contribution in [1.29, 1.82) is 0 Å². The number of aryl methyl sites for hydroxylation is 2. The summed E-state index contributed by atoms with van der Waals surface area (Å²) in [5.41, 5.74) is 4.39. The summed E-state index contributed by atoms with van der Waals surface area (Å²) in [6.07, 6.45) is 4.81. The zero-order valence-electron chi connectivity index (χ0n) is 12.7. The number of benzene rings is 1. The van der Waals surface area contributed by atoms with E-state index in [2.05, 4.69) is 45.9 Å². The van der Waals surface area contributed by atoms with Gasteiger partial charge in [-0.25, -0.2) is 9.78 Å². The number of rotatable bonds is 6. The van der Waals surface area contributed by atoms with Crippen molar-refractivity contribution in [3.63, 3.8) is 0 Å². The largest absolute Gasteiger partial charge is 0.236 e. The molecule has 2 nitrogen and oxygen atoms in total. The second-order valence-corrected chi connectivity index (χ2v) is 6.40. The van der Waals surface area contributed by atoms with Crippen molar-refractivity contribution in [1.82, 2.24) is 0 Å². The minimum absolute atomic E-state index is 0.00134. The van der Waals surface area contributed by atoms with E-state index in [0.29, 0.717) is 6.61 Å². The lowest BCUT2D eigenvalue weighted by Gasteiger charge is -2.22. The van der Waals surface area contributed by atoms with E-state index < -0.39 is 0 Å². The number of hydrogen-bond donors (Lipinski definition) is 0. The average molecular weight is 262 g/mol. The quantitative estimate of drug-likeness (QED) is 0.550. The lowest BCUT2D eigenvalue weighted by molar-refractivity contribution is -0.335. The van der Waals surface area contributed by atoms with Gasteiger partial charge in [0.05, 0.1) is 6.61 Å². The fourth-order valence-electron chi connectivity index (χ4n) is 2.30. The predicted octanol–water partition coefficient (Wildman–Crippen LogP) is 4.62. The molecule has 1 unspecified atom stereocenters. The molecule has 1 aliphatic carbocycles. The predicted molar refractivity (Wildman–Crippen MR) is 78.0 cm³/mol. The molecular weight excluding hydrogens is 236 g/mol. The second-order valence-electron chi connectivity index (χ2n) is 6.40. The maximum absolute atomic E-state index is 5.53. The van der Waals surface area contributed by atoms with Gasteiger partial charge in [-0.1, -0.05) is 39.0 Å². The molecule has 0 N–H and O–H groups in total. The number of hydrogen-bond acceptors (Lipinski definition) is 2. The smallest absolute Gasteiger partial charge is 0.115 e. The zero-order valence-corrected chi connectivity index (χ0v) is 12.7. The van der Waals surface area contributed by atoms with Gasteiger partial charge in [-0.05, 0) is 54.7 Å². The molecule has 0 radical (unpaired) electrons. The Hall–Kier alpha value is -0.860. The van der Waals surface area contributed by atoms with Crippen LogP contribution in [-0.2, 0) is 22.6 Å². The van der Waals surface area contributed by atoms with Crippen LogP contribution in [0, 0.1) is 5.41 Å². The third kappa shape index (κ3) is 3.80. The van der Waals surface area contributed by atoms with Crippen LogP contribution in [0.15, 0.2) is 18.2 Å². The molecule has 0 heterocycles. The standard InChI is InChI=1S/C17H26O2/c1-5-17(3,4)12-18-19-13(2)15-10-9-14-7-6-8-16(14)11-15/h9-11,13H,5-8,12H2,1-4H3. The van der Waals surface area contributed by atoms with E-state index in [9.17, 15) is 0 Å². The Labute approximate surface area is 117 Å². The first-order valence-corrected chi connectivity index (χ1v) is 7.42. The van der Waals surface area contributed by atoms with Gasteiger partial charge >= 0.3 is 0 Å². The highest BCUT2D eigenvalue weighted by atomic mass is 17.2. The van der Waals surface area contributed by atoms with Crippen LogP contribution in [0.1, 0.15) is 63.3 Å². The molecule has 0 bridgehead atoms. The molecule has 0 aliphatic heterocycles. The highest BCUT2D eigenvalue weighted by Crippen LogP contribution is 2.27. The van der Waals surface area contributed by atoms with Crippen molar-refractivity contribution in [3.05, 3.63) is 34.9 Å². The molecule has 2 heteroatoms. The molecule has 2 rings (SSSR count). The van der Waals surface area contributed by atoms with Crippen molar-refractivity contribution in [2.45, 2.75) is 59.5 Å². The van der Waals surface area contributed by atoms with Crippen LogP contribution in [0.25, 0.3) is 0 Å². The third-order valence-corrected chi connectivity index (χ3v) is 4.21. The molecule has 0 saturated heterocycles. The van der Waals surface area contributed by atoms with Gasteiger partial charge in [-0.15, -0.1) is 0 Å². The van der Waals surface area contributed by atoms with Gasteiger partial charge < -0.3 is 0 Å². The Morgan fingerprint density at radius 2 is 1.95 bits per heavy atom. The van der Waals surface area contributed by atoms with Crippen LogP contribution in [0.3, 0.4) is 0 Å². The molecule has 0 amide bonds. The lowest BCUT2D eigenvalue weighted by atomic mass is 9.92. The average Bonchev–Trinajstić information content (AvgIpc) is 2.85. The molecule has 1 aromatic rings. The van der Waals surface area contributed by atoms with E-state index in [0.717, 1.165) is 6.42 Å². The van der Waals surface area contributed by atoms with E-state index in [1.54, 1.807) is 0 Å². The molecule has 1 aromatic carbocycles. The second kappa shape index (κ2) is 6.06. The highest BCUT2D eigenvalue weighted by Gasteiger charge is 2.18. The first-order chi connectivity index (χ1) is 9.02. The third-order valence-electron chi connectivity index (χ3n) is 4.21. The summed E-state index contributed by atoms with van der Waals surface area (Å²) in [7, 11) is 0. The van der Waals surface area contributed by atoms with Crippen LogP contribution < -0.4 is 0 Å². The van der Waals surface area contributed by atoms with E-state index >= 15 is 0 Å². The van der Waals surface area contributed by atoms with Crippen molar-refractivity contribution in [3.8, 4) is 0 Å².